The Hall–Kier alpha value is -3.37. The van der Waals surface area contributed by atoms with Crippen molar-refractivity contribution in [2.75, 3.05) is 30.8 Å². The smallest absolute Gasteiger partial charge is 0.244 e. The van der Waals surface area contributed by atoms with E-state index in [1.807, 2.05) is 68.4 Å². The zero-order valence-electron chi connectivity index (χ0n) is 23.2. The van der Waals surface area contributed by atoms with Gasteiger partial charge in [-0.1, -0.05) is 72.2 Å². The van der Waals surface area contributed by atoms with Crippen molar-refractivity contribution < 1.29 is 22.7 Å². The molecule has 0 aliphatic rings. The van der Waals surface area contributed by atoms with Crippen molar-refractivity contribution in [3.05, 3.63) is 94.5 Å². The summed E-state index contributed by atoms with van der Waals surface area (Å²) in [5, 5.41) is 2.98. The Kier molecular flexibility index (Phi) is 11.2. The fourth-order valence-corrected chi connectivity index (χ4v) is 5.47. The summed E-state index contributed by atoms with van der Waals surface area (Å²) >= 11 is 3.48. The second-order valence-corrected chi connectivity index (χ2v) is 12.8. The number of carbonyl (C=O) groups excluding carboxylic acids is 2. The molecule has 40 heavy (non-hydrogen) atoms. The average molecular weight is 631 g/mol. The standard InChI is InChI=1S/C30H36BrN3O5S/c1-22(2)19-32-30(36)28(18-23-9-6-5-7-10-23)33(20-24-11-8-12-25(31)17-24)29(35)21-34(40(4,37)38)26-13-15-27(39-3)16-14-26/h5-17,22,28H,18-21H2,1-4H3,(H,32,36). The zero-order chi connectivity index (χ0) is 29.3. The number of sulfonamides is 1. The van der Waals surface area contributed by atoms with E-state index >= 15 is 0 Å². The Balaban J connectivity index is 2.03. The normalized spacial score (nSPS) is 12.1. The lowest BCUT2D eigenvalue weighted by Gasteiger charge is -2.33. The fraction of sp³-hybridized carbons (Fsp3) is 0.333. The molecule has 0 bridgehead atoms. The van der Waals surface area contributed by atoms with Crippen LogP contribution in [0.4, 0.5) is 5.69 Å². The molecule has 0 radical (unpaired) electrons. The molecule has 0 saturated heterocycles. The maximum absolute atomic E-state index is 14.1. The molecule has 10 heteroatoms. The second kappa shape index (κ2) is 14.3. The Morgan fingerprint density at radius 1 is 0.950 bits per heavy atom. The van der Waals surface area contributed by atoms with Crippen LogP contribution in [0.3, 0.4) is 0 Å². The quantitative estimate of drug-likeness (QED) is 0.297. The lowest BCUT2D eigenvalue weighted by molar-refractivity contribution is -0.140. The molecular weight excluding hydrogens is 594 g/mol. The minimum Gasteiger partial charge on any atom is -0.497 e. The maximum Gasteiger partial charge on any atom is 0.244 e. The van der Waals surface area contributed by atoms with Gasteiger partial charge in [0.2, 0.25) is 21.8 Å². The number of nitrogens with one attached hydrogen (secondary N) is 1. The van der Waals surface area contributed by atoms with Gasteiger partial charge in [-0.2, -0.15) is 0 Å². The van der Waals surface area contributed by atoms with Crippen LogP contribution in [-0.4, -0.2) is 57.6 Å². The van der Waals surface area contributed by atoms with E-state index in [4.69, 9.17) is 4.74 Å². The van der Waals surface area contributed by atoms with Gasteiger partial charge in [-0.05, 0) is 53.4 Å². The number of carbonyl (C=O) groups is 2. The lowest BCUT2D eigenvalue weighted by Crippen LogP contribution is -2.53. The van der Waals surface area contributed by atoms with Gasteiger partial charge in [-0.15, -0.1) is 0 Å². The van der Waals surface area contributed by atoms with Crippen molar-refractivity contribution in [3.8, 4) is 5.75 Å². The molecule has 3 rings (SSSR count). The summed E-state index contributed by atoms with van der Waals surface area (Å²) in [5.74, 6) is -0.0194. The molecule has 0 saturated carbocycles. The predicted molar refractivity (Wildman–Crippen MR) is 162 cm³/mol. The summed E-state index contributed by atoms with van der Waals surface area (Å²) in [4.78, 5) is 29.2. The van der Waals surface area contributed by atoms with E-state index in [1.54, 1.807) is 24.3 Å². The second-order valence-electron chi connectivity index (χ2n) is 9.96. The predicted octanol–water partition coefficient (Wildman–Crippen LogP) is 4.64. The largest absolute Gasteiger partial charge is 0.497 e. The van der Waals surface area contributed by atoms with E-state index < -0.39 is 28.5 Å². The van der Waals surface area contributed by atoms with Crippen LogP contribution in [0.1, 0.15) is 25.0 Å². The number of anilines is 1. The highest BCUT2D eigenvalue weighted by Crippen LogP contribution is 2.23. The number of nitrogens with zero attached hydrogens (tertiary/aromatic N) is 2. The molecule has 1 atom stereocenters. The molecule has 1 N–H and O–H groups in total. The van der Waals surface area contributed by atoms with Crippen LogP contribution in [-0.2, 0) is 32.6 Å². The van der Waals surface area contributed by atoms with Crippen LogP contribution in [0.5, 0.6) is 5.75 Å². The van der Waals surface area contributed by atoms with E-state index in [-0.39, 0.29) is 24.8 Å². The molecule has 3 aromatic rings. The molecule has 3 aromatic carbocycles. The highest BCUT2D eigenvalue weighted by Gasteiger charge is 2.33. The van der Waals surface area contributed by atoms with Crippen LogP contribution in [0.25, 0.3) is 0 Å². The topological polar surface area (TPSA) is 96.0 Å². The molecular formula is C30H36BrN3O5S. The molecule has 1 unspecified atom stereocenters. The molecule has 0 aliphatic heterocycles. The minimum absolute atomic E-state index is 0.116. The van der Waals surface area contributed by atoms with E-state index in [0.717, 1.165) is 26.2 Å². The third-order valence-corrected chi connectivity index (χ3v) is 7.87. The van der Waals surface area contributed by atoms with Crippen LogP contribution in [0.15, 0.2) is 83.3 Å². The molecule has 8 nitrogen and oxygen atoms in total. The van der Waals surface area contributed by atoms with Gasteiger partial charge in [0.1, 0.15) is 18.3 Å². The Labute approximate surface area is 245 Å². The molecule has 0 aromatic heterocycles. The fourth-order valence-electron chi connectivity index (χ4n) is 4.17. The summed E-state index contributed by atoms with van der Waals surface area (Å²) in [5.41, 5.74) is 2.00. The van der Waals surface area contributed by atoms with Gasteiger partial charge in [0.05, 0.1) is 19.1 Å². The Morgan fingerprint density at radius 3 is 2.17 bits per heavy atom. The summed E-state index contributed by atoms with van der Waals surface area (Å²) in [6.45, 7) is 4.09. The van der Waals surface area contributed by atoms with Gasteiger partial charge < -0.3 is 15.0 Å². The van der Waals surface area contributed by atoms with Crippen LogP contribution in [0, 0.1) is 5.92 Å². The molecule has 0 heterocycles. The van der Waals surface area contributed by atoms with Crippen molar-refractivity contribution in [2.24, 2.45) is 5.92 Å². The van der Waals surface area contributed by atoms with Crippen molar-refractivity contribution in [2.45, 2.75) is 32.9 Å². The monoisotopic (exact) mass is 629 g/mol. The van der Waals surface area contributed by atoms with Gasteiger partial charge in [-0.3, -0.25) is 13.9 Å². The molecule has 0 spiro atoms. The number of hydrogen-bond acceptors (Lipinski definition) is 5. The maximum atomic E-state index is 14.1. The lowest BCUT2D eigenvalue weighted by atomic mass is 10.0. The van der Waals surface area contributed by atoms with Crippen LogP contribution in [0.2, 0.25) is 0 Å². The van der Waals surface area contributed by atoms with Crippen LogP contribution < -0.4 is 14.4 Å². The minimum atomic E-state index is -3.84. The van der Waals surface area contributed by atoms with E-state index in [2.05, 4.69) is 21.2 Å². The Bertz CT molecular complexity index is 1380. The SMILES string of the molecule is COc1ccc(N(CC(=O)N(Cc2cccc(Br)c2)C(Cc2ccccc2)C(=O)NCC(C)C)S(C)(=O)=O)cc1. The third kappa shape index (κ3) is 9.09. The number of methoxy groups -OCH3 is 1. The van der Waals surface area contributed by atoms with Crippen LogP contribution >= 0.6 is 15.9 Å². The summed E-state index contributed by atoms with van der Waals surface area (Å²) in [7, 11) is -2.32. The summed E-state index contributed by atoms with van der Waals surface area (Å²) in [6.07, 6.45) is 1.33. The first-order chi connectivity index (χ1) is 19.0. The van der Waals surface area contributed by atoms with Crippen molar-refractivity contribution in [1.29, 1.82) is 0 Å². The molecule has 0 aliphatic carbocycles. The van der Waals surface area contributed by atoms with Gasteiger partial charge in [-0.25, -0.2) is 8.42 Å². The highest BCUT2D eigenvalue weighted by atomic mass is 79.9. The summed E-state index contributed by atoms with van der Waals surface area (Å²) in [6, 6.07) is 22.5. The zero-order valence-corrected chi connectivity index (χ0v) is 25.6. The molecule has 214 valence electrons. The van der Waals surface area contributed by atoms with Gasteiger partial charge in [0.15, 0.2) is 0 Å². The van der Waals surface area contributed by atoms with Gasteiger partial charge in [0.25, 0.3) is 0 Å². The van der Waals surface area contributed by atoms with Crippen molar-refractivity contribution in [3.63, 3.8) is 0 Å². The van der Waals surface area contributed by atoms with Gasteiger partial charge >= 0.3 is 0 Å². The number of hydrogen-bond donors (Lipinski definition) is 1. The Morgan fingerprint density at radius 2 is 1.60 bits per heavy atom. The first-order valence-electron chi connectivity index (χ1n) is 12.9. The number of amides is 2. The first kappa shape index (κ1) is 31.2. The number of benzene rings is 3. The van der Waals surface area contributed by atoms with E-state index in [9.17, 15) is 18.0 Å². The number of halogens is 1. The van der Waals surface area contributed by atoms with E-state index in [0.29, 0.717) is 18.0 Å². The average Bonchev–Trinajstić information content (AvgIpc) is 2.92. The summed E-state index contributed by atoms with van der Waals surface area (Å²) < 4.78 is 32.8. The molecule has 2 amide bonds. The van der Waals surface area contributed by atoms with Crippen molar-refractivity contribution >= 4 is 43.5 Å². The van der Waals surface area contributed by atoms with Gasteiger partial charge in [0, 0.05) is 24.0 Å². The third-order valence-electron chi connectivity index (χ3n) is 6.24. The number of ether oxygens (including phenoxy) is 1. The number of rotatable bonds is 13. The molecule has 0 fully saturated rings. The van der Waals surface area contributed by atoms with E-state index in [1.165, 1.54) is 12.0 Å². The highest BCUT2D eigenvalue weighted by molar-refractivity contribution is 9.10. The van der Waals surface area contributed by atoms with Crippen molar-refractivity contribution in [1.82, 2.24) is 10.2 Å². The first-order valence-corrected chi connectivity index (χ1v) is 15.6.